The number of ether oxygens (including phenoxy) is 1. The van der Waals surface area contributed by atoms with Crippen molar-refractivity contribution in [3.63, 3.8) is 0 Å². The number of anilines is 2. The summed E-state index contributed by atoms with van der Waals surface area (Å²) in [6.45, 7) is 1.45. The first-order valence-corrected chi connectivity index (χ1v) is 8.58. The van der Waals surface area contributed by atoms with Crippen LogP contribution in [0.25, 0.3) is 11.3 Å². The lowest BCUT2D eigenvalue weighted by Crippen LogP contribution is -2.59. The second-order valence-corrected chi connectivity index (χ2v) is 6.34. The molecular formula is C19H19FN6O. The fourth-order valence-corrected chi connectivity index (χ4v) is 3.12. The number of rotatable bonds is 5. The van der Waals surface area contributed by atoms with Gasteiger partial charge in [-0.05, 0) is 24.3 Å². The van der Waals surface area contributed by atoms with Crippen LogP contribution < -0.4 is 14.5 Å². The molecule has 1 aliphatic rings. The van der Waals surface area contributed by atoms with Crippen LogP contribution in [0.3, 0.4) is 0 Å². The molecule has 0 amide bonds. The minimum atomic E-state index is -0.417. The highest BCUT2D eigenvalue weighted by Gasteiger charge is 2.32. The Labute approximate surface area is 156 Å². The number of hydrogen-bond acceptors (Lipinski definition) is 7. The number of halogens is 1. The summed E-state index contributed by atoms with van der Waals surface area (Å²) in [6, 6.07) is 11.7. The Bertz CT molecular complexity index is 929. The van der Waals surface area contributed by atoms with Crippen molar-refractivity contribution in [1.82, 2.24) is 20.2 Å². The van der Waals surface area contributed by atoms with E-state index in [0.29, 0.717) is 5.82 Å². The molecular weight excluding hydrogens is 347 g/mol. The molecule has 7 nitrogen and oxygen atoms in total. The van der Waals surface area contributed by atoms with Crippen molar-refractivity contribution in [3.8, 4) is 17.0 Å². The van der Waals surface area contributed by atoms with Crippen LogP contribution in [0.15, 0.2) is 48.9 Å². The summed E-state index contributed by atoms with van der Waals surface area (Å²) in [5, 5.41) is 8.68. The maximum atomic E-state index is 13.8. The Balaban J connectivity index is 1.44. The van der Waals surface area contributed by atoms with E-state index in [9.17, 15) is 4.39 Å². The zero-order valence-corrected chi connectivity index (χ0v) is 15.1. The minimum Gasteiger partial charge on any atom is -0.496 e. The lowest BCUT2D eigenvalue weighted by atomic mass is 10.1. The average Bonchev–Trinajstić information content (AvgIpc) is 2.67. The van der Waals surface area contributed by atoms with Crippen molar-refractivity contribution in [2.45, 2.75) is 6.04 Å². The van der Waals surface area contributed by atoms with Crippen molar-refractivity contribution >= 4 is 11.6 Å². The van der Waals surface area contributed by atoms with E-state index < -0.39 is 5.82 Å². The van der Waals surface area contributed by atoms with Crippen LogP contribution in [0.5, 0.6) is 5.75 Å². The van der Waals surface area contributed by atoms with E-state index in [0.717, 1.165) is 35.9 Å². The Morgan fingerprint density at radius 1 is 1.15 bits per heavy atom. The second-order valence-electron chi connectivity index (χ2n) is 6.34. The molecule has 1 aliphatic heterocycles. The van der Waals surface area contributed by atoms with Crippen LogP contribution in [-0.2, 0) is 0 Å². The normalized spacial score (nSPS) is 14.0. The van der Waals surface area contributed by atoms with Gasteiger partial charge in [-0.3, -0.25) is 0 Å². The molecule has 0 atom stereocenters. The molecule has 0 unspecified atom stereocenters. The smallest absolute Gasteiger partial charge is 0.183 e. The number of aromatic nitrogens is 4. The van der Waals surface area contributed by atoms with Gasteiger partial charge in [0.1, 0.15) is 12.1 Å². The van der Waals surface area contributed by atoms with Crippen LogP contribution in [0.4, 0.5) is 16.0 Å². The van der Waals surface area contributed by atoms with E-state index in [4.69, 9.17) is 4.74 Å². The molecule has 0 radical (unpaired) electrons. The molecule has 0 N–H and O–H groups in total. The maximum Gasteiger partial charge on any atom is 0.183 e. The lowest BCUT2D eigenvalue weighted by molar-refractivity contribution is 0.416. The standard InChI is InChI=1S/C19H19FN6O/c1-25(19-15(20)9-21-12-22-19)13-10-26(11-13)18-8-7-16(23-24-18)14-5-3-4-6-17(14)27-2/h3-9,12-13H,10-11H2,1-2H3. The van der Waals surface area contributed by atoms with Gasteiger partial charge < -0.3 is 14.5 Å². The summed E-state index contributed by atoms with van der Waals surface area (Å²) < 4.78 is 19.2. The third-order valence-electron chi connectivity index (χ3n) is 4.75. The van der Waals surface area contributed by atoms with E-state index >= 15 is 0 Å². The Hall–Kier alpha value is -3.29. The Morgan fingerprint density at radius 3 is 2.67 bits per heavy atom. The zero-order chi connectivity index (χ0) is 18.8. The van der Waals surface area contributed by atoms with E-state index in [1.807, 2.05) is 48.3 Å². The quantitative estimate of drug-likeness (QED) is 0.687. The highest BCUT2D eigenvalue weighted by Crippen LogP contribution is 2.29. The lowest BCUT2D eigenvalue weighted by Gasteiger charge is -2.44. The summed E-state index contributed by atoms with van der Waals surface area (Å²) in [5.74, 6) is 1.45. The highest BCUT2D eigenvalue weighted by atomic mass is 19.1. The summed E-state index contributed by atoms with van der Waals surface area (Å²) in [7, 11) is 3.47. The summed E-state index contributed by atoms with van der Waals surface area (Å²) in [6.07, 6.45) is 2.53. The predicted molar refractivity (Wildman–Crippen MR) is 100 cm³/mol. The van der Waals surface area contributed by atoms with Crippen molar-refractivity contribution in [1.29, 1.82) is 0 Å². The molecule has 1 fully saturated rings. The largest absolute Gasteiger partial charge is 0.496 e. The van der Waals surface area contributed by atoms with Crippen molar-refractivity contribution in [2.75, 3.05) is 37.0 Å². The molecule has 0 aliphatic carbocycles. The number of nitrogens with zero attached hydrogens (tertiary/aromatic N) is 6. The van der Waals surface area contributed by atoms with Gasteiger partial charge in [-0.25, -0.2) is 14.4 Å². The Kier molecular flexibility index (Phi) is 4.53. The van der Waals surface area contributed by atoms with Crippen molar-refractivity contribution < 1.29 is 9.13 Å². The third-order valence-corrected chi connectivity index (χ3v) is 4.75. The summed E-state index contributed by atoms with van der Waals surface area (Å²) >= 11 is 0. The van der Waals surface area contributed by atoms with Crippen LogP contribution in [-0.4, -0.2) is 53.5 Å². The first-order chi connectivity index (χ1) is 13.2. The summed E-state index contributed by atoms with van der Waals surface area (Å²) in [5.41, 5.74) is 1.66. The number of hydrogen-bond donors (Lipinski definition) is 0. The zero-order valence-electron chi connectivity index (χ0n) is 15.1. The van der Waals surface area contributed by atoms with Crippen LogP contribution in [0.2, 0.25) is 0 Å². The molecule has 1 aromatic carbocycles. The Morgan fingerprint density at radius 2 is 1.96 bits per heavy atom. The van der Waals surface area contributed by atoms with E-state index in [1.165, 1.54) is 12.5 Å². The van der Waals surface area contributed by atoms with Crippen LogP contribution in [0.1, 0.15) is 0 Å². The van der Waals surface area contributed by atoms with Gasteiger partial charge in [-0.15, -0.1) is 10.2 Å². The van der Waals surface area contributed by atoms with Gasteiger partial charge >= 0.3 is 0 Å². The molecule has 3 heterocycles. The van der Waals surface area contributed by atoms with Gasteiger partial charge in [-0.1, -0.05) is 12.1 Å². The van der Waals surface area contributed by atoms with E-state index in [1.54, 1.807) is 7.11 Å². The average molecular weight is 366 g/mol. The number of methoxy groups -OCH3 is 1. The molecule has 0 saturated carbocycles. The van der Waals surface area contributed by atoms with Gasteiger partial charge in [0, 0.05) is 25.7 Å². The van der Waals surface area contributed by atoms with Crippen molar-refractivity contribution in [2.24, 2.45) is 0 Å². The summed E-state index contributed by atoms with van der Waals surface area (Å²) in [4.78, 5) is 11.6. The molecule has 138 valence electrons. The molecule has 0 spiro atoms. The van der Waals surface area contributed by atoms with Gasteiger partial charge in [0.05, 0.1) is 25.0 Å². The molecule has 0 bridgehead atoms. The number of likely N-dealkylation sites (N-methyl/N-ethyl adjacent to an activating group) is 1. The SMILES string of the molecule is COc1ccccc1-c1ccc(N2CC(N(C)c3ncncc3F)C2)nn1. The number of para-hydroxylation sites is 1. The molecule has 8 heteroatoms. The monoisotopic (exact) mass is 366 g/mol. The highest BCUT2D eigenvalue weighted by molar-refractivity contribution is 5.67. The minimum absolute atomic E-state index is 0.157. The molecule has 1 saturated heterocycles. The first-order valence-electron chi connectivity index (χ1n) is 8.58. The van der Waals surface area contributed by atoms with Gasteiger partial charge in [-0.2, -0.15) is 0 Å². The van der Waals surface area contributed by atoms with Gasteiger partial charge in [0.25, 0.3) is 0 Å². The maximum absolute atomic E-state index is 13.8. The van der Waals surface area contributed by atoms with Crippen LogP contribution >= 0.6 is 0 Å². The van der Waals surface area contributed by atoms with Gasteiger partial charge in [0.2, 0.25) is 0 Å². The fourth-order valence-electron chi connectivity index (χ4n) is 3.12. The third kappa shape index (κ3) is 3.25. The first kappa shape index (κ1) is 17.1. The molecule has 2 aromatic heterocycles. The second kappa shape index (κ2) is 7.14. The van der Waals surface area contributed by atoms with Gasteiger partial charge in [0.15, 0.2) is 17.5 Å². The molecule has 27 heavy (non-hydrogen) atoms. The van der Waals surface area contributed by atoms with E-state index in [-0.39, 0.29) is 6.04 Å². The topological polar surface area (TPSA) is 67.3 Å². The number of benzene rings is 1. The van der Waals surface area contributed by atoms with Crippen molar-refractivity contribution in [3.05, 3.63) is 54.7 Å². The molecule has 4 rings (SSSR count). The predicted octanol–water partition coefficient (Wildman–Crippen LogP) is 2.41. The van der Waals surface area contributed by atoms with E-state index in [2.05, 4.69) is 25.1 Å². The fraction of sp³-hybridized carbons (Fsp3) is 0.263. The molecule has 3 aromatic rings. The van der Waals surface area contributed by atoms with Crippen LogP contribution in [0, 0.1) is 5.82 Å².